The van der Waals surface area contributed by atoms with Gasteiger partial charge in [-0.2, -0.15) is 0 Å². The molecule has 1 saturated heterocycles. The summed E-state index contributed by atoms with van der Waals surface area (Å²) in [6, 6.07) is 11.1. The number of hydrogen-bond acceptors (Lipinski definition) is 4. The molecule has 4 rings (SSSR count). The molecule has 0 atom stereocenters. The predicted octanol–water partition coefficient (Wildman–Crippen LogP) is 3.33. The number of thiocarbonyl (C=S) groups is 1. The number of nitrogens with zero attached hydrogens (tertiary/aromatic N) is 2. The Kier molecular flexibility index (Phi) is 4.55. The van der Waals surface area contributed by atoms with Gasteiger partial charge in [0.1, 0.15) is 11.2 Å². The fourth-order valence-corrected chi connectivity index (χ4v) is 3.35. The van der Waals surface area contributed by atoms with E-state index in [2.05, 4.69) is 31.5 Å². The van der Waals surface area contributed by atoms with E-state index in [0.29, 0.717) is 22.1 Å². The molecule has 0 unspecified atom stereocenters. The molecule has 134 valence electrons. The average Bonchev–Trinajstić information content (AvgIpc) is 2.96. The van der Waals surface area contributed by atoms with Crippen LogP contribution in [0.3, 0.4) is 0 Å². The van der Waals surface area contributed by atoms with Crippen LogP contribution in [0.25, 0.3) is 23.0 Å². The van der Waals surface area contributed by atoms with Crippen LogP contribution in [0.5, 0.6) is 0 Å². The van der Waals surface area contributed by atoms with E-state index in [1.165, 1.54) is 6.08 Å². The number of pyridine rings is 1. The van der Waals surface area contributed by atoms with Gasteiger partial charge >= 0.3 is 0 Å². The molecule has 1 aliphatic rings. The van der Waals surface area contributed by atoms with E-state index in [-0.39, 0.29) is 10.7 Å². The number of imidazole rings is 1. The first-order chi connectivity index (χ1) is 12.9. The predicted molar refractivity (Wildman–Crippen MR) is 110 cm³/mol. The first-order valence-corrected chi connectivity index (χ1v) is 9.32. The van der Waals surface area contributed by atoms with Gasteiger partial charge in [0, 0.05) is 16.2 Å². The van der Waals surface area contributed by atoms with Gasteiger partial charge in [-0.05, 0) is 42.6 Å². The van der Waals surface area contributed by atoms with E-state index in [1.54, 1.807) is 22.7 Å². The molecule has 9 heteroatoms. The Balaban J connectivity index is 1.96. The number of fused-ring (bicyclic) bond motifs is 1. The van der Waals surface area contributed by atoms with Gasteiger partial charge in [0.2, 0.25) is 0 Å². The Bertz CT molecular complexity index is 1130. The summed E-state index contributed by atoms with van der Waals surface area (Å²) in [5.41, 5.74) is 2.58. The Morgan fingerprint density at radius 3 is 2.41 bits per heavy atom. The van der Waals surface area contributed by atoms with Crippen molar-refractivity contribution in [1.82, 2.24) is 20.0 Å². The number of nitrogens with one attached hydrogen (secondary N) is 2. The number of benzene rings is 1. The molecule has 6 nitrogen and oxygen atoms in total. The monoisotopic (exact) mass is 460 g/mol. The van der Waals surface area contributed by atoms with E-state index in [4.69, 9.17) is 23.8 Å². The van der Waals surface area contributed by atoms with Crippen LogP contribution >= 0.6 is 39.7 Å². The molecule has 1 aromatic carbocycles. The number of halogens is 2. The molecule has 0 radical (unpaired) electrons. The summed E-state index contributed by atoms with van der Waals surface area (Å²) in [5, 5.41) is 5.34. The molecule has 2 aromatic heterocycles. The third kappa shape index (κ3) is 3.39. The lowest BCUT2D eigenvalue weighted by atomic mass is 10.1. The second kappa shape index (κ2) is 6.88. The van der Waals surface area contributed by atoms with Crippen molar-refractivity contribution >= 4 is 68.4 Å². The molecule has 27 heavy (non-hydrogen) atoms. The SMILES string of the molecule is O=C1NC(=S)NC(=O)C1=Cc1c(-c2ccc(Br)cc2)nc2ccc(Cl)cn12. The van der Waals surface area contributed by atoms with E-state index in [0.717, 1.165) is 10.0 Å². The number of aromatic nitrogens is 2. The van der Waals surface area contributed by atoms with Crippen LogP contribution in [0.2, 0.25) is 5.02 Å². The van der Waals surface area contributed by atoms with Crippen molar-refractivity contribution in [2.75, 3.05) is 0 Å². The smallest absolute Gasteiger partial charge is 0.263 e. The van der Waals surface area contributed by atoms with Crippen molar-refractivity contribution in [3.8, 4) is 11.3 Å². The molecule has 1 aliphatic heterocycles. The summed E-state index contributed by atoms with van der Waals surface area (Å²) in [7, 11) is 0. The van der Waals surface area contributed by atoms with Crippen molar-refractivity contribution < 1.29 is 9.59 Å². The van der Waals surface area contributed by atoms with Gasteiger partial charge < -0.3 is 0 Å². The molecule has 1 fully saturated rings. The van der Waals surface area contributed by atoms with E-state index in [1.807, 2.05) is 24.3 Å². The highest BCUT2D eigenvalue weighted by molar-refractivity contribution is 9.10. The lowest BCUT2D eigenvalue weighted by Gasteiger charge is -2.16. The van der Waals surface area contributed by atoms with Gasteiger partial charge in [-0.25, -0.2) is 4.98 Å². The molecule has 0 spiro atoms. The first-order valence-electron chi connectivity index (χ1n) is 7.74. The van der Waals surface area contributed by atoms with E-state index < -0.39 is 11.8 Å². The van der Waals surface area contributed by atoms with Crippen LogP contribution in [0, 0.1) is 0 Å². The van der Waals surface area contributed by atoms with Crippen LogP contribution in [0.4, 0.5) is 0 Å². The molecule has 3 aromatic rings. The van der Waals surface area contributed by atoms with Crippen LogP contribution in [0.1, 0.15) is 5.69 Å². The van der Waals surface area contributed by atoms with Crippen LogP contribution < -0.4 is 10.6 Å². The fourth-order valence-electron chi connectivity index (χ4n) is 2.74. The first kappa shape index (κ1) is 17.8. The molecule has 0 aliphatic carbocycles. The lowest BCUT2D eigenvalue weighted by Crippen LogP contribution is -2.51. The zero-order valence-electron chi connectivity index (χ0n) is 13.5. The van der Waals surface area contributed by atoms with Crippen molar-refractivity contribution in [1.29, 1.82) is 0 Å². The summed E-state index contributed by atoms with van der Waals surface area (Å²) < 4.78 is 2.66. The van der Waals surface area contributed by atoms with Crippen LogP contribution in [-0.2, 0) is 9.59 Å². The Labute approximate surface area is 172 Å². The number of carbonyl (C=O) groups excluding carboxylic acids is 2. The Morgan fingerprint density at radius 2 is 1.74 bits per heavy atom. The largest absolute Gasteiger partial charge is 0.299 e. The van der Waals surface area contributed by atoms with Crippen molar-refractivity contribution in [2.24, 2.45) is 0 Å². The van der Waals surface area contributed by atoms with Gasteiger partial charge in [0.05, 0.1) is 16.4 Å². The molecule has 2 N–H and O–H groups in total. The minimum Gasteiger partial charge on any atom is -0.299 e. The summed E-state index contributed by atoms with van der Waals surface area (Å²) in [4.78, 5) is 29.1. The third-order valence-electron chi connectivity index (χ3n) is 3.96. The van der Waals surface area contributed by atoms with Crippen molar-refractivity contribution in [2.45, 2.75) is 0 Å². The van der Waals surface area contributed by atoms with Gasteiger partial charge in [-0.3, -0.25) is 24.6 Å². The van der Waals surface area contributed by atoms with Gasteiger partial charge in [0.25, 0.3) is 11.8 Å². The maximum Gasteiger partial charge on any atom is 0.263 e. The van der Waals surface area contributed by atoms with Crippen LogP contribution in [0.15, 0.2) is 52.6 Å². The van der Waals surface area contributed by atoms with Crippen molar-refractivity contribution in [3.05, 3.63) is 63.4 Å². The van der Waals surface area contributed by atoms with Gasteiger partial charge in [-0.15, -0.1) is 0 Å². The third-order valence-corrected chi connectivity index (χ3v) is 4.92. The minimum absolute atomic E-state index is 0.0172. The number of hydrogen-bond donors (Lipinski definition) is 2. The number of rotatable bonds is 2. The molecule has 3 heterocycles. The quantitative estimate of drug-likeness (QED) is 0.349. The second-order valence-corrected chi connectivity index (χ2v) is 7.48. The van der Waals surface area contributed by atoms with E-state index in [9.17, 15) is 9.59 Å². The molecule has 2 amide bonds. The summed E-state index contributed by atoms with van der Waals surface area (Å²) in [6.45, 7) is 0. The van der Waals surface area contributed by atoms with Crippen LogP contribution in [-0.4, -0.2) is 26.3 Å². The standard InChI is InChI=1S/C18H10BrClN4O2S/c19-10-3-1-9(2-4-10)15-13(24-8-11(20)5-6-14(24)21-15)7-12-16(25)22-18(27)23-17(12)26/h1-8H,(H2,22,23,25,26,27). The minimum atomic E-state index is -0.567. The molecular formula is C18H10BrClN4O2S. The summed E-state index contributed by atoms with van der Waals surface area (Å²) >= 11 is 14.4. The van der Waals surface area contributed by atoms with Gasteiger partial charge in [-0.1, -0.05) is 39.7 Å². The molecule has 0 bridgehead atoms. The normalized spacial score (nSPS) is 14.3. The fraction of sp³-hybridized carbons (Fsp3) is 0. The highest BCUT2D eigenvalue weighted by atomic mass is 79.9. The Hall–Kier alpha value is -2.55. The van der Waals surface area contributed by atoms with E-state index >= 15 is 0 Å². The topological polar surface area (TPSA) is 75.5 Å². The van der Waals surface area contributed by atoms with Gasteiger partial charge in [0.15, 0.2) is 5.11 Å². The second-order valence-electron chi connectivity index (χ2n) is 5.72. The molecule has 0 saturated carbocycles. The zero-order valence-corrected chi connectivity index (χ0v) is 16.7. The highest BCUT2D eigenvalue weighted by Crippen LogP contribution is 2.29. The summed E-state index contributed by atoms with van der Waals surface area (Å²) in [5.74, 6) is -1.13. The highest BCUT2D eigenvalue weighted by Gasteiger charge is 2.27. The van der Waals surface area contributed by atoms with Crippen molar-refractivity contribution in [3.63, 3.8) is 0 Å². The lowest BCUT2D eigenvalue weighted by molar-refractivity contribution is -0.123. The average molecular weight is 462 g/mol. The Morgan fingerprint density at radius 1 is 1.07 bits per heavy atom. The molecular weight excluding hydrogens is 452 g/mol. The zero-order chi connectivity index (χ0) is 19.1. The summed E-state index contributed by atoms with van der Waals surface area (Å²) in [6.07, 6.45) is 3.17. The maximum absolute atomic E-state index is 12.2. The maximum atomic E-state index is 12.2. The number of amides is 2. The number of carbonyl (C=O) groups is 2.